The van der Waals surface area contributed by atoms with Gasteiger partial charge < -0.3 is 5.73 Å². The number of rotatable bonds is 9. The average Bonchev–Trinajstić information content (AvgIpc) is 3.36. The normalized spacial score (nSPS) is 14.8. The SMILES string of the molecule is [CH2][CH]N(CCCC)Cc1nnc2c3cc(-c4ccccc4)c(-c4ccc(C5(N)CCC5)cc4)nc3ccn12. The van der Waals surface area contributed by atoms with Crippen LogP contribution in [0.4, 0.5) is 0 Å². The van der Waals surface area contributed by atoms with Gasteiger partial charge in [0.15, 0.2) is 11.5 Å². The van der Waals surface area contributed by atoms with E-state index in [1.54, 1.807) is 0 Å². The lowest BCUT2D eigenvalue weighted by Crippen LogP contribution is -2.43. The van der Waals surface area contributed by atoms with Crippen LogP contribution in [0.15, 0.2) is 72.9 Å². The molecular weight excluding hydrogens is 468 g/mol. The summed E-state index contributed by atoms with van der Waals surface area (Å²) >= 11 is 0. The molecule has 1 aliphatic rings. The van der Waals surface area contributed by atoms with Crippen molar-refractivity contribution in [3.8, 4) is 22.4 Å². The fourth-order valence-corrected chi connectivity index (χ4v) is 5.39. The Balaban J connectivity index is 1.45. The molecule has 2 N–H and O–H groups in total. The molecule has 6 nitrogen and oxygen atoms in total. The van der Waals surface area contributed by atoms with Gasteiger partial charge in [0.05, 0.1) is 17.8 Å². The Labute approximate surface area is 224 Å². The van der Waals surface area contributed by atoms with Gasteiger partial charge in [-0.15, -0.1) is 10.2 Å². The molecule has 0 aliphatic heterocycles. The van der Waals surface area contributed by atoms with E-state index in [0.29, 0.717) is 6.54 Å². The standard InChI is InChI=1S/C32H34N6/c1-3-5-19-37(4-2)22-29-35-36-31-27-21-26(23-10-7-6-8-11-23)30(34-28(27)16-20-38(29)31)24-12-14-25(15-13-24)32(33)17-9-18-32/h4,6-8,10-16,20-21H,2-3,5,9,17-19,22,33H2,1H3. The van der Waals surface area contributed by atoms with Crippen molar-refractivity contribution in [1.82, 2.24) is 24.5 Å². The van der Waals surface area contributed by atoms with E-state index in [0.717, 1.165) is 77.0 Å². The number of nitrogens with zero attached hydrogens (tertiary/aromatic N) is 5. The second-order valence-corrected chi connectivity index (χ2v) is 10.4. The van der Waals surface area contributed by atoms with E-state index in [1.807, 2.05) is 18.8 Å². The molecule has 0 amide bonds. The highest BCUT2D eigenvalue weighted by molar-refractivity contribution is 5.98. The Morgan fingerprint density at radius 2 is 1.82 bits per heavy atom. The number of unbranched alkanes of at least 4 members (excludes halogenated alkanes) is 1. The van der Waals surface area contributed by atoms with E-state index in [9.17, 15) is 0 Å². The van der Waals surface area contributed by atoms with E-state index in [4.69, 9.17) is 10.7 Å². The largest absolute Gasteiger partial charge is 0.321 e. The van der Waals surface area contributed by atoms with Gasteiger partial charge in [0.25, 0.3) is 0 Å². The van der Waals surface area contributed by atoms with Crippen molar-refractivity contribution in [1.29, 1.82) is 0 Å². The minimum absolute atomic E-state index is 0.174. The molecule has 0 unspecified atom stereocenters. The number of hydrogen-bond donors (Lipinski definition) is 1. The molecule has 3 heterocycles. The molecule has 0 atom stereocenters. The monoisotopic (exact) mass is 502 g/mol. The third-order valence-electron chi connectivity index (χ3n) is 7.91. The molecule has 192 valence electrons. The highest BCUT2D eigenvalue weighted by Gasteiger charge is 2.34. The minimum Gasteiger partial charge on any atom is -0.321 e. The number of pyridine rings is 2. The molecule has 0 spiro atoms. The highest BCUT2D eigenvalue weighted by atomic mass is 15.3. The van der Waals surface area contributed by atoms with Crippen LogP contribution in [0.1, 0.15) is 50.4 Å². The summed E-state index contributed by atoms with van der Waals surface area (Å²) in [6.07, 6.45) is 7.59. The van der Waals surface area contributed by atoms with Crippen molar-refractivity contribution in [3.05, 3.63) is 97.8 Å². The van der Waals surface area contributed by atoms with Crippen LogP contribution in [0.25, 0.3) is 38.9 Å². The zero-order valence-electron chi connectivity index (χ0n) is 22.0. The average molecular weight is 503 g/mol. The summed E-state index contributed by atoms with van der Waals surface area (Å²) in [6.45, 7) is 9.70. The summed E-state index contributed by atoms with van der Waals surface area (Å²) in [5, 5.41) is 10.1. The summed E-state index contributed by atoms with van der Waals surface area (Å²) in [4.78, 5) is 7.38. The first-order valence-electron chi connectivity index (χ1n) is 13.6. The van der Waals surface area contributed by atoms with Gasteiger partial charge in [-0.3, -0.25) is 9.30 Å². The molecule has 0 bridgehead atoms. The van der Waals surface area contributed by atoms with E-state index in [1.165, 1.54) is 12.0 Å². The number of fused-ring (bicyclic) bond motifs is 3. The summed E-state index contributed by atoms with van der Waals surface area (Å²) in [7, 11) is 0. The second-order valence-electron chi connectivity index (χ2n) is 10.4. The Bertz CT molecular complexity index is 1550. The number of benzene rings is 2. The van der Waals surface area contributed by atoms with Crippen LogP contribution < -0.4 is 5.73 Å². The predicted octanol–water partition coefficient (Wildman–Crippen LogP) is 6.55. The van der Waals surface area contributed by atoms with E-state index < -0.39 is 0 Å². The van der Waals surface area contributed by atoms with Crippen LogP contribution in [0, 0.1) is 13.5 Å². The van der Waals surface area contributed by atoms with Crippen molar-refractivity contribution in [2.45, 2.75) is 51.1 Å². The van der Waals surface area contributed by atoms with Crippen LogP contribution in [-0.4, -0.2) is 31.0 Å². The smallest absolute Gasteiger partial charge is 0.170 e. The molecule has 2 radical (unpaired) electrons. The summed E-state index contributed by atoms with van der Waals surface area (Å²) in [5.41, 5.74) is 13.6. The number of nitrogens with two attached hydrogens (primary N) is 1. The van der Waals surface area contributed by atoms with Gasteiger partial charge >= 0.3 is 0 Å². The topological polar surface area (TPSA) is 72.3 Å². The second kappa shape index (κ2) is 10.3. The van der Waals surface area contributed by atoms with Gasteiger partial charge in [-0.1, -0.05) is 67.9 Å². The van der Waals surface area contributed by atoms with E-state index in [2.05, 4.69) is 94.0 Å². The predicted molar refractivity (Wildman–Crippen MR) is 154 cm³/mol. The Morgan fingerprint density at radius 1 is 1.03 bits per heavy atom. The lowest BCUT2D eigenvalue weighted by molar-refractivity contribution is 0.253. The molecule has 38 heavy (non-hydrogen) atoms. The maximum Gasteiger partial charge on any atom is 0.170 e. The van der Waals surface area contributed by atoms with Crippen LogP contribution >= 0.6 is 0 Å². The fourth-order valence-electron chi connectivity index (χ4n) is 5.39. The summed E-state index contributed by atoms with van der Waals surface area (Å²) in [5.74, 6) is 0.894. The summed E-state index contributed by atoms with van der Waals surface area (Å²) in [6, 6.07) is 23.4. The van der Waals surface area contributed by atoms with Crippen LogP contribution in [0.5, 0.6) is 0 Å². The molecule has 2 aromatic carbocycles. The number of hydrogen-bond acceptors (Lipinski definition) is 5. The van der Waals surface area contributed by atoms with Gasteiger partial charge in [-0.2, -0.15) is 0 Å². The Hall–Kier alpha value is -3.61. The zero-order valence-corrected chi connectivity index (χ0v) is 22.0. The van der Waals surface area contributed by atoms with Gasteiger partial charge in [-0.05, 0) is 62.4 Å². The third kappa shape index (κ3) is 4.48. The van der Waals surface area contributed by atoms with Crippen molar-refractivity contribution < 1.29 is 0 Å². The molecule has 1 fully saturated rings. The van der Waals surface area contributed by atoms with E-state index >= 15 is 0 Å². The summed E-state index contributed by atoms with van der Waals surface area (Å²) < 4.78 is 2.08. The molecule has 1 aliphatic carbocycles. The van der Waals surface area contributed by atoms with E-state index in [-0.39, 0.29) is 5.54 Å². The van der Waals surface area contributed by atoms with Gasteiger partial charge in [0.1, 0.15) is 0 Å². The van der Waals surface area contributed by atoms with Gasteiger partial charge in [0, 0.05) is 34.8 Å². The van der Waals surface area contributed by atoms with Crippen molar-refractivity contribution >= 4 is 16.6 Å². The Kier molecular flexibility index (Phi) is 6.68. The molecule has 0 saturated heterocycles. The maximum atomic E-state index is 6.59. The van der Waals surface area contributed by atoms with Crippen LogP contribution in [-0.2, 0) is 12.1 Å². The first-order valence-corrected chi connectivity index (χ1v) is 13.6. The van der Waals surface area contributed by atoms with Gasteiger partial charge in [0.2, 0.25) is 0 Å². The van der Waals surface area contributed by atoms with Crippen molar-refractivity contribution in [3.63, 3.8) is 0 Å². The lowest BCUT2D eigenvalue weighted by Gasteiger charge is -2.38. The molecule has 5 aromatic rings. The lowest BCUT2D eigenvalue weighted by atomic mass is 9.72. The van der Waals surface area contributed by atoms with Crippen molar-refractivity contribution in [2.75, 3.05) is 6.54 Å². The maximum absolute atomic E-state index is 6.59. The Morgan fingerprint density at radius 3 is 2.50 bits per heavy atom. The van der Waals surface area contributed by atoms with Crippen molar-refractivity contribution in [2.24, 2.45) is 5.73 Å². The number of aromatic nitrogens is 4. The minimum atomic E-state index is -0.174. The third-order valence-corrected chi connectivity index (χ3v) is 7.91. The fraction of sp³-hybridized carbons (Fsp3) is 0.281. The van der Waals surface area contributed by atoms with Crippen LogP contribution in [0.3, 0.4) is 0 Å². The quantitative estimate of drug-likeness (QED) is 0.248. The zero-order chi connectivity index (χ0) is 26.1. The van der Waals surface area contributed by atoms with Crippen LogP contribution in [0.2, 0.25) is 0 Å². The first-order chi connectivity index (χ1) is 18.6. The molecular formula is C32H34N6. The first kappa shape index (κ1) is 24.7. The molecule has 3 aromatic heterocycles. The molecule has 6 heteroatoms. The van der Waals surface area contributed by atoms with Gasteiger partial charge in [-0.25, -0.2) is 4.98 Å². The highest BCUT2D eigenvalue weighted by Crippen LogP contribution is 2.40. The molecule has 1 saturated carbocycles. The molecule has 6 rings (SSSR count).